The molecule has 3 rings (SSSR count). The predicted octanol–water partition coefficient (Wildman–Crippen LogP) is 2.87. The van der Waals surface area contributed by atoms with E-state index in [-0.39, 0.29) is 17.1 Å². The number of sulfonamides is 1. The molecule has 0 aliphatic carbocycles. The van der Waals surface area contributed by atoms with E-state index in [0.717, 1.165) is 18.6 Å². The number of nitrogens with one attached hydrogen (secondary N) is 1. The fraction of sp³-hybridized carbons (Fsp3) is 0.571. The van der Waals surface area contributed by atoms with Crippen molar-refractivity contribution in [1.29, 1.82) is 0 Å². The topological polar surface area (TPSA) is 49.4 Å². The molecule has 1 aromatic carbocycles. The molecule has 0 aromatic heterocycles. The molecule has 2 heterocycles. The first-order valence-corrected chi connectivity index (χ1v) is 9.13. The van der Waals surface area contributed by atoms with Gasteiger partial charge in [0.15, 0.2) is 0 Å². The Balaban J connectivity index is 2.05. The van der Waals surface area contributed by atoms with Crippen molar-refractivity contribution in [2.24, 2.45) is 0 Å². The lowest BCUT2D eigenvalue weighted by molar-refractivity contribution is -0.137. The lowest BCUT2D eigenvalue weighted by Crippen LogP contribution is -2.42. The molecule has 2 saturated heterocycles. The number of halogens is 4. The summed E-state index contributed by atoms with van der Waals surface area (Å²) in [6, 6.07) is 2.09. The number of alkyl halides is 3. The van der Waals surface area contributed by atoms with Gasteiger partial charge < -0.3 is 5.32 Å². The van der Waals surface area contributed by atoms with Crippen molar-refractivity contribution in [1.82, 2.24) is 9.62 Å². The van der Waals surface area contributed by atoms with Gasteiger partial charge in [-0.15, -0.1) is 0 Å². The zero-order valence-corrected chi connectivity index (χ0v) is 13.7. The van der Waals surface area contributed by atoms with Gasteiger partial charge in [-0.05, 0) is 44.0 Å². The van der Waals surface area contributed by atoms with Gasteiger partial charge in [0.25, 0.3) is 0 Å². The largest absolute Gasteiger partial charge is 0.416 e. The van der Waals surface area contributed by atoms with Crippen molar-refractivity contribution in [3.8, 4) is 0 Å². The van der Waals surface area contributed by atoms with E-state index >= 15 is 0 Å². The first-order valence-electron chi connectivity index (χ1n) is 7.31. The fourth-order valence-corrected chi connectivity index (χ4v) is 5.60. The Morgan fingerprint density at radius 2 is 1.83 bits per heavy atom. The molecular formula is C14H16ClF3N2O2S. The Labute approximate surface area is 137 Å². The third-order valence-corrected chi connectivity index (χ3v) is 6.56. The lowest BCUT2D eigenvalue weighted by Gasteiger charge is -2.27. The standard InChI is InChI=1S/C14H16ClF3N2O2S/c15-10-5-9(14(16,17)18)6-13(7-10)23(21,22)20-11-1-2-12(20)8-19-4-3-11/h5-7,11-12,19H,1-4,8H2. The Kier molecular flexibility index (Phi) is 4.37. The first kappa shape index (κ1) is 17.0. The van der Waals surface area contributed by atoms with Crippen LogP contribution in [0, 0.1) is 0 Å². The molecule has 2 atom stereocenters. The van der Waals surface area contributed by atoms with E-state index in [2.05, 4.69) is 5.32 Å². The summed E-state index contributed by atoms with van der Waals surface area (Å²) < 4.78 is 66.0. The summed E-state index contributed by atoms with van der Waals surface area (Å²) in [5.74, 6) is 0. The molecule has 2 aliphatic rings. The van der Waals surface area contributed by atoms with Gasteiger partial charge in [-0.2, -0.15) is 17.5 Å². The maximum Gasteiger partial charge on any atom is 0.416 e. The molecule has 23 heavy (non-hydrogen) atoms. The molecule has 1 aromatic rings. The number of hydrogen-bond acceptors (Lipinski definition) is 3. The Bertz CT molecular complexity index is 694. The molecular weight excluding hydrogens is 353 g/mol. The van der Waals surface area contributed by atoms with Crippen LogP contribution < -0.4 is 5.32 Å². The highest BCUT2D eigenvalue weighted by atomic mass is 35.5. The van der Waals surface area contributed by atoms with Gasteiger partial charge in [-0.1, -0.05) is 11.6 Å². The second kappa shape index (κ2) is 5.91. The van der Waals surface area contributed by atoms with Gasteiger partial charge in [0.1, 0.15) is 0 Å². The van der Waals surface area contributed by atoms with Crippen LogP contribution >= 0.6 is 11.6 Å². The summed E-state index contributed by atoms with van der Waals surface area (Å²) in [4.78, 5) is -0.392. The molecule has 2 unspecified atom stereocenters. The van der Waals surface area contributed by atoms with E-state index in [9.17, 15) is 21.6 Å². The second-order valence-electron chi connectivity index (χ2n) is 5.89. The molecule has 4 nitrogen and oxygen atoms in total. The van der Waals surface area contributed by atoms with Crippen molar-refractivity contribution in [2.75, 3.05) is 13.1 Å². The van der Waals surface area contributed by atoms with Gasteiger partial charge in [0.05, 0.1) is 10.5 Å². The third kappa shape index (κ3) is 3.22. The minimum absolute atomic E-state index is 0.173. The van der Waals surface area contributed by atoms with Crippen molar-refractivity contribution in [2.45, 2.75) is 42.4 Å². The smallest absolute Gasteiger partial charge is 0.315 e. The summed E-state index contributed by atoms with van der Waals surface area (Å²) in [6.07, 6.45) is -2.54. The van der Waals surface area contributed by atoms with Crippen molar-refractivity contribution >= 4 is 21.6 Å². The van der Waals surface area contributed by atoms with Gasteiger partial charge in [-0.25, -0.2) is 8.42 Å². The van der Waals surface area contributed by atoms with E-state index < -0.39 is 26.7 Å². The van der Waals surface area contributed by atoms with Gasteiger partial charge in [0.2, 0.25) is 10.0 Å². The minimum Gasteiger partial charge on any atom is -0.315 e. The summed E-state index contributed by atoms with van der Waals surface area (Å²) in [6.45, 7) is 1.22. The number of nitrogens with zero attached hydrogens (tertiary/aromatic N) is 1. The van der Waals surface area contributed by atoms with E-state index in [1.807, 2.05) is 0 Å². The summed E-state index contributed by atoms with van der Waals surface area (Å²) >= 11 is 5.73. The number of rotatable bonds is 2. The summed E-state index contributed by atoms with van der Waals surface area (Å²) in [5.41, 5.74) is -1.05. The number of fused-ring (bicyclic) bond motifs is 2. The van der Waals surface area contributed by atoms with E-state index in [4.69, 9.17) is 11.6 Å². The first-order chi connectivity index (χ1) is 10.7. The van der Waals surface area contributed by atoms with E-state index in [1.165, 1.54) is 4.31 Å². The van der Waals surface area contributed by atoms with Crippen LogP contribution in [0.1, 0.15) is 24.8 Å². The maximum atomic E-state index is 12.9. The Hall–Kier alpha value is -0.830. The zero-order chi connectivity index (χ0) is 16.8. The second-order valence-corrected chi connectivity index (χ2v) is 8.17. The normalized spacial score (nSPS) is 26.3. The van der Waals surface area contributed by atoms with Crippen LogP contribution in [0.5, 0.6) is 0 Å². The minimum atomic E-state index is -4.64. The maximum absolute atomic E-state index is 12.9. The van der Waals surface area contributed by atoms with Crippen LogP contribution in [0.15, 0.2) is 23.1 Å². The molecule has 0 spiro atoms. The zero-order valence-electron chi connectivity index (χ0n) is 12.1. The molecule has 2 aliphatic heterocycles. The quantitative estimate of drug-likeness (QED) is 0.873. The van der Waals surface area contributed by atoms with E-state index in [1.54, 1.807) is 0 Å². The van der Waals surface area contributed by atoms with Crippen LogP contribution in [-0.4, -0.2) is 37.9 Å². The average molecular weight is 369 g/mol. The van der Waals surface area contributed by atoms with Crippen LogP contribution in [0.4, 0.5) is 13.2 Å². The highest BCUT2D eigenvalue weighted by Crippen LogP contribution is 2.37. The Morgan fingerprint density at radius 3 is 2.52 bits per heavy atom. The van der Waals surface area contributed by atoms with Crippen LogP contribution in [0.3, 0.4) is 0 Å². The summed E-state index contributed by atoms with van der Waals surface area (Å²) in [5, 5.41) is 2.93. The summed E-state index contributed by atoms with van der Waals surface area (Å²) in [7, 11) is -4.02. The molecule has 2 fully saturated rings. The molecule has 0 saturated carbocycles. The third-order valence-electron chi connectivity index (χ3n) is 4.36. The molecule has 1 N–H and O–H groups in total. The monoisotopic (exact) mass is 368 g/mol. The molecule has 128 valence electrons. The molecule has 9 heteroatoms. The van der Waals surface area contributed by atoms with Crippen LogP contribution in [0.25, 0.3) is 0 Å². The number of hydrogen-bond donors (Lipinski definition) is 1. The molecule has 0 amide bonds. The molecule has 0 radical (unpaired) electrons. The fourth-order valence-electron chi connectivity index (χ4n) is 3.33. The van der Waals surface area contributed by atoms with Crippen molar-refractivity contribution in [3.05, 3.63) is 28.8 Å². The van der Waals surface area contributed by atoms with Gasteiger partial charge in [0, 0.05) is 23.7 Å². The van der Waals surface area contributed by atoms with Crippen molar-refractivity contribution in [3.63, 3.8) is 0 Å². The van der Waals surface area contributed by atoms with Crippen LogP contribution in [-0.2, 0) is 16.2 Å². The van der Waals surface area contributed by atoms with Gasteiger partial charge in [-0.3, -0.25) is 0 Å². The number of benzene rings is 1. The van der Waals surface area contributed by atoms with Gasteiger partial charge >= 0.3 is 6.18 Å². The molecule has 2 bridgehead atoms. The van der Waals surface area contributed by atoms with Crippen LogP contribution in [0.2, 0.25) is 5.02 Å². The highest BCUT2D eigenvalue weighted by molar-refractivity contribution is 7.89. The Morgan fingerprint density at radius 1 is 1.13 bits per heavy atom. The lowest BCUT2D eigenvalue weighted by atomic mass is 10.1. The highest BCUT2D eigenvalue weighted by Gasteiger charge is 2.43. The van der Waals surface area contributed by atoms with Crippen molar-refractivity contribution < 1.29 is 21.6 Å². The SMILES string of the molecule is O=S(=O)(c1cc(Cl)cc(C(F)(F)F)c1)N1C2CCNCC1CC2. The van der Waals surface area contributed by atoms with E-state index in [0.29, 0.717) is 32.0 Å². The predicted molar refractivity (Wildman–Crippen MR) is 79.8 cm³/mol. The average Bonchev–Trinajstić information content (AvgIpc) is 2.71.